The highest BCUT2D eigenvalue weighted by Gasteiger charge is 2.35. The van der Waals surface area contributed by atoms with E-state index in [9.17, 15) is 4.79 Å². The average Bonchev–Trinajstić information content (AvgIpc) is 3.42. The van der Waals surface area contributed by atoms with E-state index in [1.807, 2.05) is 12.3 Å². The summed E-state index contributed by atoms with van der Waals surface area (Å²) in [4.78, 5) is 29.4. The molecule has 1 aromatic heterocycles. The van der Waals surface area contributed by atoms with Gasteiger partial charge in [-0.05, 0) is 49.7 Å². The Morgan fingerprint density at radius 1 is 1.16 bits per heavy atom. The molecule has 0 bridgehead atoms. The number of carbonyl (C=O) groups is 1. The molecule has 7 heteroatoms. The minimum absolute atomic E-state index is 0.0457. The number of H-pyrrole nitrogens is 1. The number of benzene rings is 1. The van der Waals surface area contributed by atoms with E-state index in [2.05, 4.69) is 27.0 Å². The number of allylic oxidation sites excluding steroid dienone is 2. The van der Waals surface area contributed by atoms with Gasteiger partial charge in [0.05, 0.1) is 23.6 Å². The van der Waals surface area contributed by atoms with E-state index in [0.29, 0.717) is 11.6 Å². The first-order valence-electron chi connectivity index (χ1n) is 11.8. The number of aromatic nitrogens is 2. The van der Waals surface area contributed by atoms with Gasteiger partial charge in [-0.3, -0.25) is 9.79 Å². The summed E-state index contributed by atoms with van der Waals surface area (Å²) in [6.07, 6.45) is 13.1. The van der Waals surface area contributed by atoms with E-state index in [1.165, 1.54) is 38.5 Å². The minimum atomic E-state index is -0.133. The number of carbonyl (C=O) groups excluding carboxylic acids is 1. The highest BCUT2D eigenvalue weighted by molar-refractivity contribution is 6.44. The topological polar surface area (TPSA) is 73.8 Å². The second-order valence-electron chi connectivity index (χ2n) is 9.42. The van der Waals surface area contributed by atoms with E-state index in [0.717, 1.165) is 53.6 Å². The Morgan fingerprint density at radius 3 is 2.78 bits per heavy atom. The van der Waals surface area contributed by atoms with Crippen molar-refractivity contribution in [3.05, 3.63) is 36.2 Å². The largest absolute Gasteiger partial charge is 0.493 e. The van der Waals surface area contributed by atoms with Gasteiger partial charge in [0, 0.05) is 44.2 Å². The normalized spacial score (nSPS) is 23.3. The lowest BCUT2D eigenvalue weighted by Gasteiger charge is -2.29. The second-order valence-corrected chi connectivity index (χ2v) is 9.42. The molecule has 6 rings (SSSR count). The van der Waals surface area contributed by atoms with Gasteiger partial charge in [0.15, 0.2) is 0 Å². The smallest absolute Gasteiger partial charge is 0.272 e. The number of piperidine rings is 1. The maximum Gasteiger partial charge on any atom is 0.272 e. The molecule has 1 N–H and O–H groups in total. The van der Waals surface area contributed by atoms with E-state index in [4.69, 9.17) is 9.72 Å². The molecule has 1 saturated carbocycles. The van der Waals surface area contributed by atoms with Crippen molar-refractivity contribution in [2.24, 2.45) is 16.8 Å². The van der Waals surface area contributed by atoms with Gasteiger partial charge in [0.2, 0.25) is 5.95 Å². The van der Waals surface area contributed by atoms with Crippen LogP contribution in [0.25, 0.3) is 16.6 Å². The Kier molecular flexibility index (Phi) is 4.77. The molecule has 4 aliphatic rings. The van der Waals surface area contributed by atoms with Crippen molar-refractivity contribution >= 4 is 34.2 Å². The van der Waals surface area contributed by atoms with Gasteiger partial charge in [0.1, 0.15) is 11.5 Å². The molecule has 1 aliphatic carbocycles. The van der Waals surface area contributed by atoms with Gasteiger partial charge in [-0.2, -0.15) is 0 Å². The zero-order chi connectivity index (χ0) is 21.7. The number of imidazole rings is 1. The summed E-state index contributed by atoms with van der Waals surface area (Å²) in [5.41, 5.74) is 4.55. The molecule has 4 heterocycles. The van der Waals surface area contributed by atoms with Crippen LogP contribution in [0.4, 0.5) is 5.95 Å². The van der Waals surface area contributed by atoms with Crippen LogP contribution >= 0.6 is 0 Å². The number of anilines is 1. The highest BCUT2D eigenvalue weighted by atomic mass is 16.5. The van der Waals surface area contributed by atoms with Crippen LogP contribution in [0.15, 0.2) is 35.6 Å². The van der Waals surface area contributed by atoms with Crippen molar-refractivity contribution < 1.29 is 9.53 Å². The molecule has 1 amide bonds. The Labute approximate surface area is 187 Å². The second kappa shape index (κ2) is 7.80. The van der Waals surface area contributed by atoms with Crippen LogP contribution in [0.3, 0.4) is 0 Å². The number of rotatable bonds is 5. The molecule has 2 fully saturated rings. The monoisotopic (exact) mass is 431 g/mol. The fourth-order valence-electron chi connectivity index (χ4n) is 5.08. The zero-order valence-electron chi connectivity index (χ0n) is 18.5. The van der Waals surface area contributed by atoms with E-state index < -0.39 is 0 Å². The molecule has 3 aliphatic heterocycles. The summed E-state index contributed by atoms with van der Waals surface area (Å²) in [7, 11) is 1.79. The molecule has 1 atom stereocenters. The maximum atomic E-state index is 12.6. The molecule has 0 spiro atoms. The van der Waals surface area contributed by atoms with E-state index in [-0.39, 0.29) is 11.8 Å². The number of hydrogen-bond donors (Lipinski definition) is 1. The van der Waals surface area contributed by atoms with Crippen LogP contribution in [0.2, 0.25) is 0 Å². The number of amides is 1. The Morgan fingerprint density at radius 2 is 2.00 bits per heavy atom. The molecule has 7 nitrogen and oxygen atoms in total. The molecule has 0 radical (unpaired) electrons. The third kappa shape index (κ3) is 3.31. The lowest BCUT2D eigenvalue weighted by atomic mass is 9.85. The van der Waals surface area contributed by atoms with Crippen molar-refractivity contribution in [2.45, 2.75) is 38.5 Å². The molecule has 1 saturated heterocycles. The number of nitrogens with one attached hydrogen (secondary N) is 1. The van der Waals surface area contributed by atoms with Gasteiger partial charge in [0.25, 0.3) is 5.91 Å². The molecule has 1 unspecified atom stereocenters. The number of hydrogen-bond acceptors (Lipinski definition) is 5. The van der Waals surface area contributed by atoms with Crippen LogP contribution in [-0.4, -0.2) is 53.2 Å². The summed E-state index contributed by atoms with van der Waals surface area (Å²) < 4.78 is 6.39. The lowest BCUT2D eigenvalue weighted by Crippen LogP contribution is -2.37. The van der Waals surface area contributed by atoms with Crippen molar-refractivity contribution in [3.63, 3.8) is 0 Å². The summed E-state index contributed by atoms with van der Waals surface area (Å²) in [6.45, 7) is 2.82. The predicted octanol–water partition coefficient (Wildman–Crippen LogP) is 4.13. The number of nitrogens with zero attached hydrogens (tertiary/aromatic N) is 4. The summed E-state index contributed by atoms with van der Waals surface area (Å²) in [6, 6.07) is 4.21. The third-order valence-corrected chi connectivity index (χ3v) is 7.23. The van der Waals surface area contributed by atoms with Crippen molar-refractivity contribution in [1.29, 1.82) is 0 Å². The van der Waals surface area contributed by atoms with Crippen molar-refractivity contribution in [1.82, 2.24) is 14.9 Å². The highest BCUT2D eigenvalue weighted by Crippen LogP contribution is 2.40. The SMILES string of the molecule is CN1C=C(c2cc3[nH]c(N4CCCCC4)nc3cc2OCC2CCC2)C2C=CN=C2C1=O. The minimum Gasteiger partial charge on any atom is -0.493 e. The lowest BCUT2D eigenvalue weighted by molar-refractivity contribution is -0.121. The average molecular weight is 432 g/mol. The fraction of sp³-hybridized carbons (Fsp3) is 0.480. The molecule has 32 heavy (non-hydrogen) atoms. The number of aliphatic imine (C=N–C) groups is 1. The first-order valence-corrected chi connectivity index (χ1v) is 11.8. The van der Waals surface area contributed by atoms with Crippen LogP contribution < -0.4 is 9.64 Å². The predicted molar refractivity (Wildman–Crippen MR) is 126 cm³/mol. The molecule has 2 aromatic rings. The van der Waals surface area contributed by atoms with Crippen LogP contribution in [-0.2, 0) is 4.79 Å². The van der Waals surface area contributed by atoms with Crippen LogP contribution in [0, 0.1) is 11.8 Å². The summed E-state index contributed by atoms with van der Waals surface area (Å²) in [5.74, 6) is 2.24. The first-order chi connectivity index (χ1) is 15.7. The van der Waals surface area contributed by atoms with Crippen molar-refractivity contribution in [2.75, 3.05) is 31.6 Å². The standard InChI is InChI=1S/C25H29N5O2/c1-29-14-19(17-8-9-26-23(17)24(29)31)18-12-20-21(13-22(18)32-15-16-6-5-7-16)28-25(27-20)30-10-3-2-4-11-30/h8-9,12-14,16-17H,2-7,10-11,15H2,1H3,(H,27,28). The Bertz CT molecular complexity index is 1150. The Balaban J connectivity index is 1.42. The van der Waals surface area contributed by atoms with Crippen LogP contribution in [0.1, 0.15) is 44.1 Å². The van der Waals surface area contributed by atoms with Gasteiger partial charge >= 0.3 is 0 Å². The van der Waals surface area contributed by atoms with Gasteiger partial charge in [-0.15, -0.1) is 0 Å². The molecule has 1 aromatic carbocycles. The number of fused-ring (bicyclic) bond motifs is 2. The van der Waals surface area contributed by atoms with Gasteiger partial charge in [-0.1, -0.05) is 12.5 Å². The summed E-state index contributed by atoms with van der Waals surface area (Å²) >= 11 is 0. The quantitative estimate of drug-likeness (QED) is 0.773. The molecule has 166 valence electrons. The molecular weight excluding hydrogens is 402 g/mol. The van der Waals surface area contributed by atoms with Crippen LogP contribution in [0.5, 0.6) is 5.75 Å². The number of aromatic amines is 1. The Hall–Kier alpha value is -3.09. The fourth-order valence-corrected chi connectivity index (χ4v) is 5.08. The van der Waals surface area contributed by atoms with Gasteiger partial charge in [-0.25, -0.2) is 4.98 Å². The third-order valence-electron chi connectivity index (χ3n) is 7.23. The summed E-state index contributed by atoms with van der Waals surface area (Å²) in [5, 5.41) is 0. The maximum absolute atomic E-state index is 12.6. The van der Waals surface area contributed by atoms with E-state index >= 15 is 0 Å². The first kappa shape index (κ1) is 19.6. The van der Waals surface area contributed by atoms with Gasteiger partial charge < -0.3 is 19.5 Å². The number of ether oxygens (including phenoxy) is 1. The van der Waals surface area contributed by atoms with E-state index in [1.54, 1.807) is 18.1 Å². The zero-order valence-corrected chi connectivity index (χ0v) is 18.5. The molecular formula is C25H29N5O2. The van der Waals surface area contributed by atoms with Crippen molar-refractivity contribution in [3.8, 4) is 5.75 Å².